The molecule has 0 atom stereocenters. The third kappa shape index (κ3) is 7.30. The van der Waals surface area contributed by atoms with Crippen LogP contribution in [0.5, 0.6) is 11.5 Å². The SMILES string of the molecule is C=CCc1cc(/C=N/NC(=O)Cc2ccc(F)cc2)cc(OCC)c1OCc1ccc(C)cc1. The van der Waals surface area contributed by atoms with Crippen LogP contribution in [0.15, 0.2) is 78.4 Å². The molecule has 6 heteroatoms. The van der Waals surface area contributed by atoms with E-state index < -0.39 is 0 Å². The van der Waals surface area contributed by atoms with Crippen molar-refractivity contribution in [2.45, 2.75) is 33.3 Å². The van der Waals surface area contributed by atoms with Gasteiger partial charge >= 0.3 is 0 Å². The first-order chi connectivity index (χ1) is 16.5. The van der Waals surface area contributed by atoms with Crippen LogP contribution in [0.25, 0.3) is 0 Å². The molecule has 0 saturated carbocycles. The van der Waals surface area contributed by atoms with Gasteiger partial charge in [0.05, 0.1) is 19.2 Å². The summed E-state index contributed by atoms with van der Waals surface area (Å²) < 4.78 is 25.0. The summed E-state index contributed by atoms with van der Waals surface area (Å²) in [5.74, 6) is 0.638. The average Bonchev–Trinajstić information content (AvgIpc) is 2.81. The Hall–Kier alpha value is -3.93. The molecule has 176 valence electrons. The van der Waals surface area contributed by atoms with Gasteiger partial charge in [-0.05, 0) is 61.2 Å². The summed E-state index contributed by atoms with van der Waals surface area (Å²) >= 11 is 0. The van der Waals surface area contributed by atoms with E-state index in [1.807, 2.05) is 38.1 Å². The average molecular weight is 461 g/mol. The highest BCUT2D eigenvalue weighted by Gasteiger charge is 2.13. The molecule has 0 spiro atoms. The number of rotatable bonds is 11. The Morgan fingerprint density at radius 3 is 2.44 bits per heavy atom. The van der Waals surface area contributed by atoms with Crippen molar-refractivity contribution >= 4 is 12.1 Å². The molecular weight excluding hydrogens is 431 g/mol. The maximum absolute atomic E-state index is 13.0. The molecule has 34 heavy (non-hydrogen) atoms. The fourth-order valence-corrected chi connectivity index (χ4v) is 3.34. The minimum atomic E-state index is -0.339. The van der Waals surface area contributed by atoms with Crippen molar-refractivity contribution in [3.63, 3.8) is 0 Å². The van der Waals surface area contributed by atoms with Crippen LogP contribution >= 0.6 is 0 Å². The maximum Gasteiger partial charge on any atom is 0.244 e. The van der Waals surface area contributed by atoms with Gasteiger partial charge in [0.15, 0.2) is 11.5 Å². The molecule has 0 saturated heterocycles. The van der Waals surface area contributed by atoms with Crippen molar-refractivity contribution in [2.75, 3.05) is 6.61 Å². The van der Waals surface area contributed by atoms with Crippen molar-refractivity contribution in [3.8, 4) is 11.5 Å². The Labute approximate surface area is 199 Å². The number of ether oxygens (including phenoxy) is 2. The summed E-state index contributed by atoms with van der Waals surface area (Å²) in [5, 5.41) is 4.07. The lowest BCUT2D eigenvalue weighted by Crippen LogP contribution is -2.19. The van der Waals surface area contributed by atoms with Gasteiger partial charge in [-0.15, -0.1) is 6.58 Å². The Morgan fingerprint density at radius 2 is 1.76 bits per heavy atom. The van der Waals surface area contributed by atoms with Crippen molar-refractivity contribution in [3.05, 3.63) is 107 Å². The van der Waals surface area contributed by atoms with Crippen molar-refractivity contribution in [2.24, 2.45) is 5.10 Å². The van der Waals surface area contributed by atoms with Crippen molar-refractivity contribution in [1.82, 2.24) is 5.43 Å². The third-order valence-corrected chi connectivity index (χ3v) is 5.00. The number of allylic oxidation sites excluding steroid dienone is 1. The second-order valence-corrected chi connectivity index (χ2v) is 7.80. The van der Waals surface area contributed by atoms with Gasteiger partial charge in [0, 0.05) is 5.56 Å². The second kappa shape index (κ2) is 12.3. The first-order valence-corrected chi connectivity index (χ1v) is 11.1. The molecule has 3 rings (SSSR count). The summed E-state index contributed by atoms with van der Waals surface area (Å²) in [7, 11) is 0. The molecule has 3 aromatic carbocycles. The lowest BCUT2D eigenvalue weighted by Gasteiger charge is -2.17. The number of hydrogen-bond acceptors (Lipinski definition) is 4. The molecule has 0 aromatic heterocycles. The number of halogens is 1. The third-order valence-electron chi connectivity index (χ3n) is 5.00. The summed E-state index contributed by atoms with van der Waals surface area (Å²) in [6.07, 6.45) is 4.05. The van der Waals surface area contributed by atoms with E-state index in [0.717, 1.165) is 16.7 Å². The number of hydrogen-bond donors (Lipinski definition) is 1. The van der Waals surface area contributed by atoms with Crippen LogP contribution < -0.4 is 14.9 Å². The topological polar surface area (TPSA) is 59.9 Å². The summed E-state index contributed by atoms with van der Waals surface area (Å²) in [4.78, 5) is 12.1. The number of nitrogens with zero attached hydrogens (tertiary/aromatic N) is 1. The molecule has 0 radical (unpaired) electrons. The second-order valence-electron chi connectivity index (χ2n) is 7.80. The van der Waals surface area contributed by atoms with Gasteiger partial charge in [0.2, 0.25) is 5.91 Å². The van der Waals surface area contributed by atoms with Gasteiger partial charge in [0.1, 0.15) is 12.4 Å². The van der Waals surface area contributed by atoms with Crippen LogP contribution in [0, 0.1) is 12.7 Å². The Morgan fingerprint density at radius 1 is 1.06 bits per heavy atom. The van der Waals surface area contributed by atoms with E-state index in [4.69, 9.17) is 9.47 Å². The molecule has 1 N–H and O–H groups in total. The van der Waals surface area contributed by atoms with Crippen LogP contribution in [0.1, 0.15) is 34.7 Å². The molecule has 5 nitrogen and oxygen atoms in total. The van der Waals surface area contributed by atoms with Crippen molar-refractivity contribution < 1.29 is 18.7 Å². The van der Waals surface area contributed by atoms with Gasteiger partial charge in [-0.25, -0.2) is 9.82 Å². The Bertz CT molecular complexity index is 1140. The first-order valence-electron chi connectivity index (χ1n) is 11.1. The van der Waals surface area contributed by atoms with E-state index in [2.05, 4.69) is 29.2 Å². The fraction of sp³-hybridized carbons (Fsp3) is 0.214. The molecule has 1 amide bonds. The van der Waals surface area contributed by atoms with E-state index in [0.29, 0.717) is 36.7 Å². The Balaban J connectivity index is 1.73. The molecule has 0 aliphatic heterocycles. The number of amides is 1. The van der Waals surface area contributed by atoms with E-state index in [1.54, 1.807) is 24.4 Å². The van der Waals surface area contributed by atoms with Crippen LogP contribution in [0.2, 0.25) is 0 Å². The quantitative estimate of drug-likeness (QED) is 0.232. The van der Waals surface area contributed by atoms with Crippen LogP contribution in [0.4, 0.5) is 4.39 Å². The number of carbonyl (C=O) groups excluding carboxylic acids is 1. The fourth-order valence-electron chi connectivity index (χ4n) is 3.34. The van der Waals surface area contributed by atoms with Gasteiger partial charge in [-0.2, -0.15) is 5.10 Å². The van der Waals surface area contributed by atoms with Crippen molar-refractivity contribution in [1.29, 1.82) is 0 Å². The highest BCUT2D eigenvalue weighted by Crippen LogP contribution is 2.34. The highest BCUT2D eigenvalue weighted by molar-refractivity contribution is 5.84. The Kier molecular flexibility index (Phi) is 8.97. The molecule has 0 bridgehead atoms. The number of carbonyl (C=O) groups is 1. The number of benzene rings is 3. The minimum Gasteiger partial charge on any atom is -0.490 e. The molecular formula is C28H29FN2O3. The predicted octanol–water partition coefficient (Wildman–Crippen LogP) is 5.53. The van der Waals surface area contributed by atoms with E-state index in [9.17, 15) is 9.18 Å². The summed E-state index contributed by atoms with van der Waals surface area (Å²) in [6.45, 7) is 8.70. The number of aryl methyl sites for hydroxylation is 1. The van der Waals surface area contributed by atoms with Crippen LogP contribution in [-0.2, 0) is 24.2 Å². The van der Waals surface area contributed by atoms with Crippen LogP contribution in [0.3, 0.4) is 0 Å². The van der Waals surface area contributed by atoms with Gasteiger partial charge in [0.25, 0.3) is 0 Å². The van der Waals surface area contributed by atoms with Gasteiger partial charge in [-0.3, -0.25) is 4.79 Å². The lowest BCUT2D eigenvalue weighted by molar-refractivity contribution is -0.120. The van der Waals surface area contributed by atoms with E-state index in [-0.39, 0.29) is 18.1 Å². The molecule has 0 aliphatic rings. The van der Waals surface area contributed by atoms with E-state index in [1.165, 1.54) is 17.7 Å². The summed E-state index contributed by atoms with van der Waals surface area (Å²) in [6, 6.07) is 17.7. The molecule has 0 unspecified atom stereocenters. The molecule has 0 aliphatic carbocycles. The largest absolute Gasteiger partial charge is 0.490 e. The minimum absolute atomic E-state index is 0.106. The zero-order valence-corrected chi connectivity index (χ0v) is 19.5. The number of hydrazone groups is 1. The molecule has 0 fully saturated rings. The zero-order chi connectivity index (χ0) is 24.3. The van der Waals surface area contributed by atoms with Gasteiger partial charge in [-0.1, -0.05) is 48.0 Å². The maximum atomic E-state index is 13.0. The standard InChI is InChI=1S/C28H29FN2O3/c1-4-6-24-15-23(18-30-31-27(32)17-21-11-13-25(29)14-12-21)16-26(33-5-2)28(24)34-19-22-9-7-20(3)8-10-22/h4,7-16,18H,1,5-6,17,19H2,2-3H3,(H,31,32)/b30-18+. The predicted molar refractivity (Wildman–Crippen MR) is 133 cm³/mol. The highest BCUT2D eigenvalue weighted by atomic mass is 19.1. The lowest BCUT2D eigenvalue weighted by atomic mass is 10.1. The number of nitrogens with one attached hydrogen (secondary N) is 1. The smallest absolute Gasteiger partial charge is 0.244 e. The summed E-state index contributed by atoms with van der Waals surface area (Å²) in [5.41, 5.74) is 7.13. The first kappa shape index (κ1) is 24.7. The normalized spacial score (nSPS) is 10.8. The van der Waals surface area contributed by atoms with Crippen LogP contribution in [-0.4, -0.2) is 18.7 Å². The zero-order valence-electron chi connectivity index (χ0n) is 19.5. The monoisotopic (exact) mass is 460 g/mol. The van der Waals surface area contributed by atoms with E-state index >= 15 is 0 Å². The molecule has 0 heterocycles. The van der Waals surface area contributed by atoms with Gasteiger partial charge < -0.3 is 9.47 Å². The molecule has 3 aromatic rings.